The minimum absolute atomic E-state index is 0.193. The second kappa shape index (κ2) is 7.75. The SMILES string of the molecule is O=C(Nc1nc2scc(-c3ccccc3)n2n1)c1ccc(N2C(=O)c3ccccc3C2=O)cc1. The molecule has 1 aliphatic rings. The number of hydrogen-bond acceptors (Lipinski definition) is 6. The molecule has 0 unspecified atom stereocenters. The standard InChI is InChI=1S/C25H15N5O3S/c31-21(26-24-27-25-30(28-24)20(14-34-25)15-6-2-1-3-7-15)16-10-12-17(13-11-16)29-22(32)18-8-4-5-9-19(18)23(29)33/h1-14H,(H,26,28,31). The van der Waals surface area contributed by atoms with E-state index >= 15 is 0 Å². The van der Waals surface area contributed by atoms with Crippen LogP contribution in [0.3, 0.4) is 0 Å². The summed E-state index contributed by atoms with van der Waals surface area (Å²) in [5, 5.41) is 9.10. The number of rotatable bonds is 4. The summed E-state index contributed by atoms with van der Waals surface area (Å²) >= 11 is 1.43. The van der Waals surface area contributed by atoms with Crippen molar-refractivity contribution in [3.63, 3.8) is 0 Å². The van der Waals surface area contributed by atoms with Crippen LogP contribution in [0.1, 0.15) is 31.1 Å². The van der Waals surface area contributed by atoms with Crippen LogP contribution in [0.2, 0.25) is 0 Å². The van der Waals surface area contributed by atoms with Crippen molar-refractivity contribution in [3.8, 4) is 11.3 Å². The zero-order valence-electron chi connectivity index (χ0n) is 17.5. The highest BCUT2D eigenvalue weighted by Gasteiger charge is 2.36. The molecule has 0 saturated heterocycles. The molecule has 0 atom stereocenters. The first-order valence-corrected chi connectivity index (χ1v) is 11.3. The third-order valence-electron chi connectivity index (χ3n) is 5.56. The normalized spacial score (nSPS) is 12.9. The number of hydrogen-bond donors (Lipinski definition) is 1. The van der Waals surface area contributed by atoms with Crippen molar-refractivity contribution in [3.05, 3.63) is 101 Å². The Kier molecular flexibility index (Phi) is 4.56. The van der Waals surface area contributed by atoms with E-state index in [4.69, 9.17) is 0 Å². The minimum Gasteiger partial charge on any atom is -0.289 e. The van der Waals surface area contributed by atoms with Crippen molar-refractivity contribution in [2.45, 2.75) is 0 Å². The topological polar surface area (TPSA) is 96.7 Å². The van der Waals surface area contributed by atoms with E-state index < -0.39 is 5.91 Å². The second-order valence-corrected chi connectivity index (χ2v) is 8.45. The molecule has 3 aromatic carbocycles. The van der Waals surface area contributed by atoms with Gasteiger partial charge in [0, 0.05) is 16.5 Å². The van der Waals surface area contributed by atoms with E-state index in [1.165, 1.54) is 11.3 Å². The quantitative estimate of drug-likeness (QED) is 0.394. The molecule has 2 aromatic heterocycles. The first kappa shape index (κ1) is 20.0. The number of nitrogens with one attached hydrogen (secondary N) is 1. The van der Waals surface area contributed by atoms with Gasteiger partial charge in [0.2, 0.25) is 4.96 Å². The van der Waals surface area contributed by atoms with Gasteiger partial charge in [-0.3, -0.25) is 19.7 Å². The lowest BCUT2D eigenvalue weighted by atomic mass is 10.1. The molecule has 5 aromatic rings. The van der Waals surface area contributed by atoms with Crippen LogP contribution in [0, 0.1) is 0 Å². The van der Waals surface area contributed by atoms with Crippen molar-refractivity contribution >= 4 is 45.7 Å². The van der Waals surface area contributed by atoms with Crippen molar-refractivity contribution < 1.29 is 14.4 Å². The average Bonchev–Trinajstić information content (AvgIpc) is 3.52. The highest BCUT2D eigenvalue weighted by atomic mass is 32.1. The first-order chi connectivity index (χ1) is 16.6. The summed E-state index contributed by atoms with van der Waals surface area (Å²) in [5.74, 6) is -0.963. The lowest BCUT2D eigenvalue weighted by molar-refractivity contribution is 0.0925. The summed E-state index contributed by atoms with van der Waals surface area (Å²) < 4.78 is 1.70. The summed E-state index contributed by atoms with van der Waals surface area (Å²) in [7, 11) is 0. The van der Waals surface area contributed by atoms with Gasteiger partial charge in [-0.15, -0.1) is 16.4 Å². The Hall–Kier alpha value is -4.63. The van der Waals surface area contributed by atoms with Gasteiger partial charge in [0.25, 0.3) is 23.7 Å². The fraction of sp³-hybridized carbons (Fsp3) is 0. The summed E-state index contributed by atoms with van der Waals surface area (Å²) in [6.07, 6.45) is 0. The molecule has 1 aliphatic heterocycles. The molecule has 1 N–H and O–H groups in total. The molecule has 0 radical (unpaired) electrons. The van der Waals surface area contributed by atoms with Gasteiger partial charge in [-0.05, 0) is 36.4 Å². The molecule has 34 heavy (non-hydrogen) atoms. The third-order valence-corrected chi connectivity index (χ3v) is 6.37. The van der Waals surface area contributed by atoms with E-state index in [2.05, 4.69) is 15.4 Å². The van der Waals surface area contributed by atoms with E-state index in [1.54, 1.807) is 53.0 Å². The summed E-state index contributed by atoms with van der Waals surface area (Å²) in [6.45, 7) is 0. The number of thiazole rings is 1. The van der Waals surface area contributed by atoms with Crippen LogP contribution < -0.4 is 10.2 Å². The molecule has 164 valence electrons. The smallest absolute Gasteiger partial charge is 0.266 e. The number of carbonyl (C=O) groups is 3. The largest absolute Gasteiger partial charge is 0.289 e. The Balaban J connectivity index is 1.22. The van der Waals surface area contributed by atoms with Crippen molar-refractivity contribution in [2.24, 2.45) is 0 Å². The molecular weight excluding hydrogens is 450 g/mol. The Morgan fingerprint density at radius 1 is 0.824 bits per heavy atom. The molecule has 3 heterocycles. The van der Waals surface area contributed by atoms with Gasteiger partial charge < -0.3 is 0 Å². The zero-order valence-corrected chi connectivity index (χ0v) is 18.3. The van der Waals surface area contributed by atoms with Gasteiger partial charge >= 0.3 is 0 Å². The van der Waals surface area contributed by atoms with Gasteiger partial charge in [-0.2, -0.15) is 4.98 Å². The summed E-state index contributed by atoms with van der Waals surface area (Å²) in [6, 6.07) is 22.8. The van der Waals surface area contributed by atoms with Crippen molar-refractivity contribution in [2.75, 3.05) is 10.2 Å². The van der Waals surface area contributed by atoms with Crippen LogP contribution in [0.15, 0.2) is 84.2 Å². The maximum Gasteiger partial charge on any atom is 0.266 e. The van der Waals surface area contributed by atoms with E-state index in [1.807, 2.05) is 35.7 Å². The number of benzene rings is 3. The molecule has 3 amide bonds. The predicted octanol–water partition coefficient (Wildman–Crippen LogP) is 4.51. The number of aromatic nitrogens is 3. The maximum absolute atomic E-state index is 12.8. The van der Waals surface area contributed by atoms with E-state index in [-0.39, 0.29) is 17.8 Å². The lowest BCUT2D eigenvalue weighted by Gasteiger charge is -2.14. The monoisotopic (exact) mass is 465 g/mol. The second-order valence-electron chi connectivity index (χ2n) is 7.61. The fourth-order valence-electron chi connectivity index (χ4n) is 3.90. The van der Waals surface area contributed by atoms with Crippen LogP contribution in [0.5, 0.6) is 0 Å². The van der Waals surface area contributed by atoms with Crippen LogP contribution in [0.4, 0.5) is 11.6 Å². The predicted molar refractivity (Wildman–Crippen MR) is 128 cm³/mol. The minimum atomic E-state index is -0.395. The summed E-state index contributed by atoms with van der Waals surface area (Å²) in [5.41, 5.74) is 3.38. The number of amides is 3. The van der Waals surface area contributed by atoms with Crippen LogP contribution >= 0.6 is 11.3 Å². The molecule has 0 aliphatic carbocycles. The molecule has 0 bridgehead atoms. The van der Waals surface area contributed by atoms with Crippen molar-refractivity contribution in [1.82, 2.24) is 14.6 Å². The molecule has 6 rings (SSSR count). The number of nitrogens with zero attached hydrogens (tertiary/aromatic N) is 4. The number of imide groups is 1. The molecule has 0 spiro atoms. The van der Waals surface area contributed by atoms with E-state index in [9.17, 15) is 14.4 Å². The van der Waals surface area contributed by atoms with Gasteiger partial charge in [0.15, 0.2) is 0 Å². The van der Waals surface area contributed by atoms with Crippen molar-refractivity contribution in [1.29, 1.82) is 0 Å². The highest BCUT2D eigenvalue weighted by Crippen LogP contribution is 2.29. The van der Waals surface area contributed by atoms with Gasteiger partial charge in [-0.1, -0.05) is 42.5 Å². The molecule has 0 fully saturated rings. The third kappa shape index (κ3) is 3.18. The number of carbonyl (C=O) groups excluding carboxylic acids is 3. The Bertz CT molecular complexity index is 1550. The zero-order chi connectivity index (χ0) is 23.2. The fourth-order valence-corrected chi connectivity index (χ4v) is 4.73. The van der Waals surface area contributed by atoms with Gasteiger partial charge in [0.1, 0.15) is 0 Å². The van der Waals surface area contributed by atoms with Gasteiger partial charge in [0.05, 0.1) is 22.5 Å². The molecule has 0 saturated carbocycles. The average molecular weight is 465 g/mol. The molecule has 8 nitrogen and oxygen atoms in total. The Labute approximate surface area is 197 Å². The molecular formula is C25H15N5O3S. The van der Waals surface area contributed by atoms with E-state index in [0.717, 1.165) is 16.2 Å². The Morgan fingerprint density at radius 2 is 1.47 bits per heavy atom. The van der Waals surface area contributed by atoms with Crippen LogP contribution in [-0.2, 0) is 0 Å². The number of fused-ring (bicyclic) bond motifs is 2. The maximum atomic E-state index is 12.8. The molecule has 9 heteroatoms. The highest BCUT2D eigenvalue weighted by molar-refractivity contribution is 7.15. The van der Waals surface area contributed by atoms with Crippen LogP contribution in [-0.4, -0.2) is 32.3 Å². The van der Waals surface area contributed by atoms with Gasteiger partial charge in [-0.25, -0.2) is 9.42 Å². The van der Waals surface area contributed by atoms with Crippen LogP contribution in [0.25, 0.3) is 16.2 Å². The lowest BCUT2D eigenvalue weighted by Crippen LogP contribution is -2.29. The summed E-state index contributed by atoms with van der Waals surface area (Å²) in [4.78, 5) is 44.3. The first-order valence-electron chi connectivity index (χ1n) is 10.4. The Morgan fingerprint density at radius 3 is 2.15 bits per heavy atom. The number of anilines is 2. The van der Waals surface area contributed by atoms with E-state index in [0.29, 0.717) is 27.3 Å².